The lowest BCUT2D eigenvalue weighted by atomic mass is 10.0. The average Bonchev–Trinajstić information content (AvgIpc) is 2.63. The number of aryl methyl sites for hydroxylation is 1. The number of rotatable bonds is 5. The van der Waals surface area contributed by atoms with Crippen molar-refractivity contribution in [3.05, 3.63) is 53.6 Å². The molecular formula is C20H24N2O3. The Kier molecular flexibility index (Phi) is 5.56. The van der Waals surface area contributed by atoms with Crippen LogP contribution < -0.4 is 15.8 Å². The van der Waals surface area contributed by atoms with Crippen LogP contribution in [0.15, 0.2) is 42.5 Å². The Morgan fingerprint density at radius 3 is 2.76 bits per heavy atom. The third-order valence-electron chi connectivity index (χ3n) is 4.47. The van der Waals surface area contributed by atoms with Gasteiger partial charge in [0.05, 0.1) is 12.2 Å². The molecule has 0 unspecified atom stereocenters. The second-order valence-electron chi connectivity index (χ2n) is 6.39. The molecule has 1 aliphatic heterocycles. The number of hydrogen-bond donors (Lipinski definition) is 2. The summed E-state index contributed by atoms with van der Waals surface area (Å²) in [7, 11) is 0. The van der Waals surface area contributed by atoms with Crippen LogP contribution in [-0.2, 0) is 4.74 Å². The third kappa shape index (κ3) is 4.51. The molecule has 132 valence electrons. The van der Waals surface area contributed by atoms with Crippen molar-refractivity contribution in [3.63, 3.8) is 0 Å². The van der Waals surface area contributed by atoms with Crippen LogP contribution in [0.4, 0.5) is 11.4 Å². The van der Waals surface area contributed by atoms with E-state index in [4.69, 9.17) is 15.2 Å². The van der Waals surface area contributed by atoms with E-state index in [2.05, 4.69) is 5.32 Å². The molecule has 0 radical (unpaired) electrons. The standard InChI is InChI=1S/C20H24N2O3/c1-14-6-7-16(22-20(23)17-4-2-3-5-18(17)21)12-19(14)25-13-15-8-10-24-11-9-15/h2-7,12,15H,8-11,13,21H2,1H3,(H,22,23). The summed E-state index contributed by atoms with van der Waals surface area (Å²) >= 11 is 0. The first-order chi connectivity index (χ1) is 12.1. The van der Waals surface area contributed by atoms with E-state index in [1.165, 1.54) is 0 Å². The Hall–Kier alpha value is -2.53. The number of nitrogen functional groups attached to an aromatic ring is 1. The Morgan fingerprint density at radius 1 is 1.24 bits per heavy atom. The topological polar surface area (TPSA) is 73.6 Å². The molecule has 2 aromatic rings. The number of benzene rings is 2. The lowest BCUT2D eigenvalue weighted by molar-refractivity contribution is 0.0496. The van der Waals surface area contributed by atoms with E-state index in [1.54, 1.807) is 24.3 Å². The van der Waals surface area contributed by atoms with Crippen molar-refractivity contribution in [2.45, 2.75) is 19.8 Å². The maximum absolute atomic E-state index is 12.4. The first-order valence-electron chi connectivity index (χ1n) is 8.60. The number of nitrogens with two attached hydrogens (primary N) is 1. The van der Waals surface area contributed by atoms with E-state index in [0.29, 0.717) is 29.5 Å². The number of amides is 1. The van der Waals surface area contributed by atoms with Crippen molar-refractivity contribution >= 4 is 17.3 Å². The molecule has 0 atom stereocenters. The second-order valence-corrected chi connectivity index (χ2v) is 6.39. The summed E-state index contributed by atoms with van der Waals surface area (Å²) < 4.78 is 11.4. The van der Waals surface area contributed by atoms with Crippen LogP contribution in [0, 0.1) is 12.8 Å². The Labute approximate surface area is 148 Å². The van der Waals surface area contributed by atoms with Gasteiger partial charge in [0.1, 0.15) is 5.75 Å². The molecule has 1 fully saturated rings. The monoisotopic (exact) mass is 340 g/mol. The van der Waals surface area contributed by atoms with Gasteiger partial charge in [-0.15, -0.1) is 0 Å². The van der Waals surface area contributed by atoms with Gasteiger partial charge in [-0.2, -0.15) is 0 Å². The molecule has 5 nitrogen and oxygen atoms in total. The molecule has 3 N–H and O–H groups in total. The highest BCUT2D eigenvalue weighted by atomic mass is 16.5. The maximum atomic E-state index is 12.4. The lowest BCUT2D eigenvalue weighted by Gasteiger charge is -2.22. The number of anilines is 2. The van der Waals surface area contributed by atoms with Crippen molar-refractivity contribution in [2.75, 3.05) is 30.9 Å². The Balaban J connectivity index is 1.66. The number of hydrogen-bond acceptors (Lipinski definition) is 4. The van der Waals surface area contributed by atoms with Crippen LogP contribution >= 0.6 is 0 Å². The molecule has 1 heterocycles. The largest absolute Gasteiger partial charge is 0.493 e. The minimum Gasteiger partial charge on any atom is -0.493 e. The highest BCUT2D eigenvalue weighted by Crippen LogP contribution is 2.25. The summed E-state index contributed by atoms with van der Waals surface area (Å²) in [6.07, 6.45) is 2.06. The molecule has 0 aromatic heterocycles. The highest BCUT2D eigenvalue weighted by Gasteiger charge is 2.15. The Bertz CT molecular complexity index is 739. The quantitative estimate of drug-likeness (QED) is 0.815. The molecule has 0 saturated carbocycles. The van der Waals surface area contributed by atoms with Gasteiger partial charge in [-0.3, -0.25) is 4.79 Å². The number of carbonyl (C=O) groups is 1. The minimum absolute atomic E-state index is 0.225. The predicted octanol–water partition coefficient (Wildman–Crippen LogP) is 3.63. The van der Waals surface area contributed by atoms with E-state index in [0.717, 1.165) is 37.4 Å². The Morgan fingerprint density at radius 2 is 2.00 bits per heavy atom. The van der Waals surface area contributed by atoms with E-state index < -0.39 is 0 Å². The first-order valence-corrected chi connectivity index (χ1v) is 8.60. The highest BCUT2D eigenvalue weighted by molar-refractivity contribution is 6.07. The van der Waals surface area contributed by atoms with Gasteiger partial charge in [-0.25, -0.2) is 0 Å². The van der Waals surface area contributed by atoms with E-state index >= 15 is 0 Å². The lowest BCUT2D eigenvalue weighted by Crippen LogP contribution is -2.21. The van der Waals surface area contributed by atoms with Gasteiger partial charge >= 0.3 is 0 Å². The molecule has 0 bridgehead atoms. The number of para-hydroxylation sites is 1. The third-order valence-corrected chi connectivity index (χ3v) is 4.47. The van der Waals surface area contributed by atoms with Crippen LogP contribution in [-0.4, -0.2) is 25.7 Å². The molecule has 25 heavy (non-hydrogen) atoms. The van der Waals surface area contributed by atoms with Crippen molar-refractivity contribution < 1.29 is 14.3 Å². The zero-order valence-electron chi connectivity index (χ0n) is 14.5. The van der Waals surface area contributed by atoms with E-state index in [-0.39, 0.29) is 5.91 Å². The van der Waals surface area contributed by atoms with Gasteiger partial charge in [-0.1, -0.05) is 18.2 Å². The van der Waals surface area contributed by atoms with Gasteiger partial charge in [0.25, 0.3) is 5.91 Å². The van der Waals surface area contributed by atoms with Gasteiger partial charge in [0, 0.05) is 30.7 Å². The van der Waals surface area contributed by atoms with Crippen LogP contribution in [0.2, 0.25) is 0 Å². The van der Waals surface area contributed by atoms with Crippen LogP contribution in [0.1, 0.15) is 28.8 Å². The van der Waals surface area contributed by atoms with E-state index in [9.17, 15) is 4.79 Å². The summed E-state index contributed by atoms with van der Waals surface area (Å²) in [5.41, 5.74) is 8.53. The average molecular weight is 340 g/mol. The van der Waals surface area contributed by atoms with Gasteiger partial charge in [0.2, 0.25) is 0 Å². The van der Waals surface area contributed by atoms with Crippen molar-refractivity contribution in [2.24, 2.45) is 5.92 Å². The summed E-state index contributed by atoms with van der Waals surface area (Å²) in [5.74, 6) is 1.10. The molecule has 3 rings (SSSR count). The first kappa shape index (κ1) is 17.3. The number of ether oxygens (including phenoxy) is 2. The van der Waals surface area contributed by atoms with Crippen molar-refractivity contribution in [1.82, 2.24) is 0 Å². The zero-order valence-corrected chi connectivity index (χ0v) is 14.5. The molecule has 2 aromatic carbocycles. The molecule has 5 heteroatoms. The second kappa shape index (κ2) is 8.03. The van der Waals surface area contributed by atoms with Gasteiger partial charge in [-0.05, 0) is 49.4 Å². The normalized spacial score (nSPS) is 14.9. The molecule has 0 spiro atoms. The molecule has 1 amide bonds. The van der Waals surface area contributed by atoms with Gasteiger partial charge in [0.15, 0.2) is 0 Å². The predicted molar refractivity (Wildman–Crippen MR) is 99.0 cm³/mol. The van der Waals surface area contributed by atoms with E-state index in [1.807, 2.05) is 25.1 Å². The summed E-state index contributed by atoms with van der Waals surface area (Å²) in [5, 5.41) is 2.89. The molecular weight excluding hydrogens is 316 g/mol. The summed E-state index contributed by atoms with van der Waals surface area (Å²) in [6.45, 7) is 4.29. The smallest absolute Gasteiger partial charge is 0.257 e. The number of carbonyl (C=O) groups excluding carboxylic acids is 1. The fourth-order valence-corrected chi connectivity index (χ4v) is 2.86. The molecule has 0 aliphatic carbocycles. The SMILES string of the molecule is Cc1ccc(NC(=O)c2ccccc2N)cc1OCC1CCOCC1. The molecule has 1 aliphatic rings. The fourth-order valence-electron chi connectivity index (χ4n) is 2.86. The zero-order chi connectivity index (χ0) is 17.6. The van der Waals surface area contributed by atoms with Crippen molar-refractivity contribution in [3.8, 4) is 5.75 Å². The number of nitrogens with one attached hydrogen (secondary N) is 1. The fraction of sp³-hybridized carbons (Fsp3) is 0.350. The maximum Gasteiger partial charge on any atom is 0.257 e. The van der Waals surface area contributed by atoms with Crippen LogP contribution in [0.3, 0.4) is 0 Å². The summed E-state index contributed by atoms with van der Waals surface area (Å²) in [4.78, 5) is 12.4. The minimum atomic E-state index is -0.225. The van der Waals surface area contributed by atoms with Crippen LogP contribution in [0.5, 0.6) is 5.75 Å². The van der Waals surface area contributed by atoms with Gasteiger partial charge < -0.3 is 20.5 Å². The van der Waals surface area contributed by atoms with Crippen LogP contribution in [0.25, 0.3) is 0 Å². The van der Waals surface area contributed by atoms with Crippen molar-refractivity contribution in [1.29, 1.82) is 0 Å². The molecule has 1 saturated heterocycles. The summed E-state index contributed by atoms with van der Waals surface area (Å²) in [6, 6.07) is 12.7.